The normalized spacial score (nSPS) is 16.9. The van der Waals surface area contributed by atoms with Gasteiger partial charge in [0.05, 0.1) is 18.7 Å². The maximum atomic E-state index is 12.4. The van der Waals surface area contributed by atoms with Crippen molar-refractivity contribution in [3.8, 4) is 0 Å². The first-order valence-electron chi connectivity index (χ1n) is 7.60. The second-order valence-electron chi connectivity index (χ2n) is 5.42. The smallest absolute Gasteiger partial charge is 0.338 e. The molecule has 10 heteroatoms. The lowest BCUT2D eigenvalue weighted by Gasteiger charge is -2.29. The fourth-order valence-electron chi connectivity index (χ4n) is 2.54. The maximum Gasteiger partial charge on any atom is 0.338 e. The van der Waals surface area contributed by atoms with Crippen LogP contribution >= 0.6 is 23.4 Å². The molecule has 136 valence electrons. The minimum absolute atomic E-state index is 0.328. The van der Waals surface area contributed by atoms with Crippen LogP contribution in [0.15, 0.2) is 47.0 Å². The number of thioether (sulfide) groups is 1. The summed E-state index contributed by atoms with van der Waals surface area (Å²) in [6.45, 7) is 0. The molecule has 0 saturated carbocycles. The Labute approximate surface area is 159 Å². The second kappa shape index (κ2) is 7.79. The van der Waals surface area contributed by atoms with Crippen LogP contribution in [-0.2, 0) is 16.6 Å². The van der Waals surface area contributed by atoms with E-state index in [-0.39, 0.29) is 0 Å². The van der Waals surface area contributed by atoms with E-state index in [1.165, 1.54) is 25.2 Å². The highest BCUT2D eigenvalue weighted by Crippen LogP contribution is 2.30. The number of nitrogens with zero attached hydrogens (tertiary/aromatic N) is 3. The van der Waals surface area contributed by atoms with Crippen molar-refractivity contribution in [3.05, 3.63) is 52.4 Å². The van der Waals surface area contributed by atoms with E-state index in [2.05, 4.69) is 20.7 Å². The van der Waals surface area contributed by atoms with Crippen molar-refractivity contribution in [2.45, 2.75) is 11.2 Å². The lowest BCUT2D eigenvalue weighted by molar-refractivity contribution is -0.136. The van der Waals surface area contributed by atoms with Gasteiger partial charge in [-0.05, 0) is 17.7 Å². The van der Waals surface area contributed by atoms with Crippen LogP contribution < -0.4 is 10.6 Å². The maximum absolute atomic E-state index is 12.4. The Bertz CT molecular complexity index is 865. The first kappa shape index (κ1) is 18.3. The summed E-state index contributed by atoms with van der Waals surface area (Å²) in [5, 5.41) is 10.7. The zero-order valence-electron chi connectivity index (χ0n) is 14.0. The molecule has 0 bridgehead atoms. The number of urea groups is 1. The molecule has 8 nitrogen and oxygen atoms in total. The van der Waals surface area contributed by atoms with Crippen molar-refractivity contribution in [2.24, 2.45) is 7.05 Å². The number of benzene rings is 1. The van der Waals surface area contributed by atoms with Crippen LogP contribution in [0, 0.1) is 0 Å². The third kappa shape index (κ3) is 3.83. The highest BCUT2D eigenvalue weighted by atomic mass is 35.5. The minimum atomic E-state index is -0.636. The van der Waals surface area contributed by atoms with Gasteiger partial charge in [0, 0.05) is 23.5 Å². The molecule has 1 atom stereocenters. The van der Waals surface area contributed by atoms with E-state index < -0.39 is 18.0 Å². The molecular weight excluding hydrogens is 378 g/mol. The Kier molecular flexibility index (Phi) is 5.48. The average Bonchev–Trinajstić information content (AvgIpc) is 3.04. The zero-order valence-corrected chi connectivity index (χ0v) is 15.6. The molecule has 0 radical (unpaired) electrons. The average molecular weight is 394 g/mol. The van der Waals surface area contributed by atoms with Gasteiger partial charge < -0.3 is 15.4 Å². The number of rotatable bonds is 5. The molecule has 0 spiro atoms. The van der Waals surface area contributed by atoms with E-state index in [0.717, 1.165) is 5.56 Å². The number of ether oxygens (including phenoxy) is 1. The van der Waals surface area contributed by atoms with E-state index in [1.807, 2.05) is 0 Å². The number of carbonyl (C=O) groups is 2. The summed E-state index contributed by atoms with van der Waals surface area (Å²) in [5.41, 5.74) is 1.53. The van der Waals surface area contributed by atoms with E-state index in [0.29, 0.717) is 27.2 Å². The van der Waals surface area contributed by atoms with Gasteiger partial charge in [0.2, 0.25) is 0 Å². The standard InChI is InChI=1S/C16H16ClN5O3S/c1-22-16(18-8-19-22)26-7-11-12(14(23)25-2)13(21-15(24)20-11)9-3-5-10(17)6-4-9/h3-6,8,13H,7H2,1-2H3,(H2,20,21,24)/t13-/m1/s1. The van der Waals surface area contributed by atoms with Crippen molar-refractivity contribution in [2.75, 3.05) is 12.9 Å². The quantitative estimate of drug-likeness (QED) is 0.596. The second-order valence-corrected chi connectivity index (χ2v) is 6.80. The fourth-order valence-corrected chi connectivity index (χ4v) is 3.52. The van der Waals surface area contributed by atoms with Crippen LogP contribution in [0.25, 0.3) is 0 Å². The summed E-state index contributed by atoms with van der Waals surface area (Å²) in [6.07, 6.45) is 1.44. The van der Waals surface area contributed by atoms with Crippen LogP contribution in [-0.4, -0.2) is 39.6 Å². The van der Waals surface area contributed by atoms with Gasteiger partial charge >= 0.3 is 12.0 Å². The molecular formula is C16H16ClN5O3S. The summed E-state index contributed by atoms with van der Waals surface area (Å²) in [5.74, 6) is -0.194. The molecule has 3 rings (SSSR count). The summed E-state index contributed by atoms with van der Waals surface area (Å²) in [6, 6.07) is 5.89. The SMILES string of the molecule is COC(=O)C1=C(CSc2ncnn2C)NC(=O)N[C@@H]1c1ccc(Cl)cc1. The van der Waals surface area contributed by atoms with Crippen LogP contribution in [0.4, 0.5) is 4.79 Å². The molecule has 2 amide bonds. The van der Waals surface area contributed by atoms with Crippen LogP contribution in [0.1, 0.15) is 11.6 Å². The lowest BCUT2D eigenvalue weighted by Crippen LogP contribution is -2.46. The van der Waals surface area contributed by atoms with Gasteiger partial charge in [-0.3, -0.25) is 0 Å². The summed E-state index contributed by atoms with van der Waals surface area (Å²) >= 11 is 7.29. The number of amides is 2. The topological polar surface area (TPSA) is 98.1 Å². The molecule has 2 heterocycles. The molecule has 0 fully saturated rings. The van der Waals surface area contributed by atoms with Crippen LogP contribution in [0.5, 0.6) is 0 Å². The summed E-state index contributed by atoms with van der Waals surface area (Å²) in [4.78, 5) is 28.7. The number of esters is 1. The van der Waals surface area contributed by atoms with E-state index in [1.54, 1.807) is 36.0 Å². The van der Waals surface area contributed by atoms with Crippen molar-refractivity contribution in [1.82, 2.24) is 25.4 Å². The lowest BCUT2D eigenvalue weighted by atomic mass is 9.95. The molecule has 2 N–H and O–H groups in total. The largest absolute Gasteiger partial charge is 0.466 e. The third-order valence-corrected chi connectivity index (χ3v) is 5.09. The van der Waals surface area contributed by atoms with Crippen molar-refractivity contribution >= 4 is 35.4 Å². The van der Waals surface area contributed by atoms with Gasteiger partial charge in [0.25, 0.3) is 0 Å². The monoisotopic (exact) mass is 393 g/mol. The number of aromatic nitrogens is 3. The Morgan fingerprint density at radius 2 is 2.12 bits per heavy atom. The highest BCUT2D eigenvalue weighted by molar-refractivity contribution is 7.99. The van der Waals surface area contributed by atoms with Crippen molar-refractivity contribution < 1.29 is 14.3 Å². The Balaban J connectivity index is 1.97. The first-order valence-corrected chi connectivity index (χ1v) is 8.97. The molecule has 2 aromatic rings. The van der Waals surface area contributed by atoms with Crippen LogP contribution in [0.3, 0.4) is 0 Å². The fraction of sp³-hybridized carbons (Fsp3) is 0.250. The molecule has 0 unspecified atom stereocenters. The summed E-state index contributed by atoms with van der Waals surface area (Å²) < 4.78 is 6.55. The van der Waals surface area contributed by atoms with E-state index in [9.17, 15) is 9.59 Å². The van der Waals surface area contributed by atoms with Gasteiger partial charge in [0.15, 0.2) is 5.16 Å². The van der Waals surface area contributed by atoms with E-state index >= 15 is 0 Å². The number of carbonyl (C=O) groups excluding carboxylic acids is 2. The highest BCUT2D eigenvalue weighted by Gasteiger charge is 2.33. The number of aryl methyl sites for hydroxylation is 1. The first-order chi connectivity index (χ1) is 12.5. The number of hydrogen-bond donors (Lipinski definition) is 2. The van der Waals surface area contributed by atoms with Gasteiger partial charge in [-0.1, -0.05) is 35.5 Å². The van der Waals surface area contributed by atoms with Gasteiger partial charge in [-0.2, -0.15) is 5.10 Å². The number of halogens is 1. The molecule has 0 aliphatic carbocycles. The van der Waals surface area contributed by atoms with E-state index in [4.69, 9.17) is 16.3 Å². The van der Waals surface area contributed by atoms with Gasteiger partial charge in [-0.15, -0.1) is 0 Å². The zero-order chi connectivity index (χ0) is 18.7. The van der Waals surface area contributed by atoms with Crippen molar-refractivity contribution in [3.63, 3.8) is 0 Å². The van der Waals surface area contributed by atoms with Crippen LogP contribution in [0.2, 0.25) is 5.02 Å². The number of methoxy groups -OCH3 is 1. The molecule has 26 heavy (non-hydrogen) atoms. The number of hydrogen-bond acceptors (Lipinski definition) is 6. The predicted octanol–water partition coefficient (Wildman–Crippen LogP) is 2.04. The Hall–Kier alpha value is -2.52. The van der Waals surface area contributed by atoms with Gasteiger partial charge in [0.1, 0.15) is 6.33 Å². The molecule has 1 aromatic carbocycles. The molecule has 1 aromatic heterocycles. The molecule has 0 saturated heterocycles. The number of nitrogens with one attached hydrogen (secondary N) is 2. The van der Waals surface area contributed by atoms with Crippen molar-refractivity contribution in [1.29, 1.82) is 0 Å². The third-order valence-electron chi connectivity index (χ3n) is 3.78. The van der Waals surface area contributed by atoms with Gasteiger partial charge in [-0.25, -0.2) is 19.3 Å². The predicted molar refractivity (Wildman–Crippen MR) is 96.6 cm³/mol. The molecule has 1 aliphatic heterocycles. The Morgan fingerprint density at radius 1 is 1.38 bits per heavy atom. The summed E-state index contributed by atoms with van der Waals surface area (Å²) in [7, 11) is 3.07. The minimum Gasteiger partial charge on any atom is -0.466 e. The Morgan fingerprint density at radius 3 is 2.73 bits per heavy atom. The molecule has 1 aliphatic rings.